The monoisotopic (exact) mass is 472 g/mol. The van der Waals surface area contributed by atoms with E-state index in [9.17, 15) is 9.59 Å². The third kappa shape index (κ3) is 5.32. The first-order chi connectivity index (χ1) is 15.4. The van der Waals surface area contributed by atoms with Crippen molar-refractivity contribution < 1.29 is 14.3 Å². The summed E-state index contributed by atoms with van der Waals surface area (Å²) in [5.41, 5.74) is 1.45. The number of hydrogen-bond donors (Lipinski definition) is 3. The summed E-state index contributed by atoms with van der Waals surface area (Å²) in [5, 5.41) is 9.74. The van der Waals surface area contributed by atoms with Crippen LogP contribution < -0.4 is 20.7 Å². The topological polar surface area (TPSA) is 118 Å². The lowest BCUT2D eigenvalue weighted by atomic mass is 10.2. The number of carbonyl (C=O) groups excluding carboxylic acids is 2. The molecule has 0 bridgehead atoms. The number of benzene rings is 1. The molecule has 11 heteroatoms. The molecule has 1 aromatic carbocycles. The summed E-state index contributed by atoms with van der Waals surface area (Å²) in [7, 11) is 0. The van der Waals surface area contributed by atoms with Gasteiger partial charge in [-0.3, -0.25) is 9.59 Å². The molecule has 0 saturated carbocycles. The van der Waals surface area contributed by atoms with Gasteiger partial charge in [0.05, 0.1) is 22.9 Å². The number of amides is 2. The smallest absolute Gasteiger partial charge is 0.267 e. The molecule has 166 valence electrons. The van der Waals surface area contributed by atoms with Crippen molar-refractivity contribution in [2.24, 2.45) is 0 Å². The molecule has 3 heterocycles. The summed E-state index contributed by atoms with van der Waals surface area (Å²) in [6.07, 6.45) is 2.74. The highest BCUT2D eigenvalue weighted by Gasteiger charge is 2.21. The lowest BCUT2D eigenvalue weighted by molar-refractivity contribution is -0.119. The van der Waals surface area contributed by atoms with Gasteiger partial charge in [0.25, 0.3) is 5.91 Å². The summed E-state index contributed by atoms with van der Waals surface area (Å²) < 4.78 is 5.73. The first-order valence-electron chi connectivity index (χ1n) is 9.94. The highest BCUT2D eigenvalue weighted by molar-refractivity contribution is 7.17. The van der Waals surface area contributed by atoms with E-state index < -0.39 is 0 Å². The van der Waals surface area contributed by atoms with Gasteiger partial charge in [-0.05, 0) is 31.9 Å². The maximum atomic E-state index is 12.6. The molecule has 2 aromatic heterocycles. The minimum atomic E-state index is -0.298. The van der Waals surface area contributed by atoms with Crippen LogP contribution in [0.25, 0.3) is 0 Å². The number of carbonyl (C=O) groups is 2. The van der Waals surface area contributed by atoms with E-state index in [0.29, 0.717) is 51.3 Å². The molecule has 0 aliphatic carbocycles. The highest BCUT2D eigenvalue weighted by Crippen LogP contribution is 2.28. The van der Waals surface area contributed by atoms with E-state index in [-0.39, 0.29) is 17.9 Å². The molecule has 1 saturated heterocycles. The van der Waals surface area contributed by atoms with Gasteiger partial charge in [-0.1, -0.05) is 35.1 Å². The normalized spacial score (nSPS) is 15.3. The second-order valence-corrected chi connectivity index (χ2v) is 8.73. The number of aromatic nitrogens is 3. The van der Waals surface area contributed by atoms with Crippen LogP contribution >= 0.6 is 22.9 Å². The lowest BCUT2D eigenvalue weighted by Crippen LogP contribution is -2.31. The van der Waals surface area contributed by atoms with Crippen molar-refractivity contribution in [2.45, 2.75) is 32.7 Å². The Kier molecular flexibility index (Phi) is 6.52. The molecule has 3 N–H and O–H groups in total. The molecule has 0 spiro atoms. The summed E-state index contributed by atoms with van der Waals surface area (Å²) in [4.78, 5) is 37.2. The van der Waals surface area contributed by atoms with Gasteiger partial charge in [-0.15, -0.1) is 0 Å². The standard InChI is InChI=1S/C21H21ClN6O3S/c1-11-4-3-5-14(22)19(11)28-20(30)15-9-23-21(32-15)27-16-8-18(25-12(2)24-16)31-10-13-6-7-17(29)26-13/h3-5,8-9,13H,6-7,10H2,1-2H3,(H,26,29)(H,28,30)(H,23,24,25,27)/t13-/m1/s1. The Morgan fingerprint density at radius 1 is 1.34 bits per heavy atom. The summed E-state index contributed by atoms with van der Waals surface area (Å²) in [6.45, 7) is 3.96. The van der Waals surface area contributed by atoms with Crippen LogP contribution in [0.3, 0.4) is 0 Å². The number of rotatable bonds is 7. The van der Waals surface area contributed by atoms with Crippen LogP contribution in [-0.2, 0) is 4.79 Å². The fourth-order valence-corrected chi connectivity index (χ4v) is 4.17. The Morgan fingerprint density at radius 2 is 2.19 bits per heavy atom. The zero-order valence-electron chi connectivity index (χ0n) is 17.4. The maximum Gasteiger partial charge on any atom is 0.267 e. The third-order valence-electron chi connectivity index (χ3n) is 4.76. The molecule has 1 atom stereocenters. The van der Waals surface area contributed by atoms with E-state index >= 15 is 0 Å². The Balaban J connectivity index is 1.41. The largest absolute Gasteiger partial charge is 0.475 e. The molecule has 1 aliphatic heterocycles. The molecule has 32 heavy (non-hydrogen) atoms. The molecule has 2 amide bonds. The number of nitrogens with zero attached hydrogens (tertiary/aromatic N) is 3. The number of para-hydroxylation sites is 1. The van der Waals surface area contributed by atoms with Gasteiger partial charge in [-0.2, -0.15) is 4.98 Å². The predicted octanol–water partition coefficient (Wildman–Crippen LogP) is 3.86. The van der Waals surface area contributed by atoms with Crippen LogP contribution in [0, 0.1) is 13.8 Å². The number of nitrogens with one attached hydrogen (secondary N) is 3. The number of halogens is 1. The predicted molar refractivity (Wildman–Crippen MR) is 123 cm³/mol. The SMILES string of the molecule is Cc1nc(Nc2ncc(C(=O)Nc3c(C)cccc3Cl)s2)cc(OC[C@H]2CCC(=O)N2)n1. The van der Waals surface area contributed by atoms with Crippen LogP contribution in [0.5, 0.6) is 5.88 Å². The summed E-state index contributed by atoms with van der Waals surface area (Å²) in [5.74, 6) is 1.14. The van der Waals surface area contributed by atoms with E-state index in [1.807, 2.05) is 19.1 Å². The van der Waals surface area contributed by atoms with Gasteiger partial charge >= 0.3 is 0 Å². The van der Waals surface area contributed by atoms with Gasteiger partial charge < -0.3 is 20.7 Å². The summed E-state index contributed by atoms with van der Waals surface area (Å²) >= 11 is 7.38. The average Bonchev–Trinajstić information content (AvgIpc) is 3.38. The number of thiazole rings is 1. The molecule has 0 radical (unpaired) electrons. The van der Waals surface area contributed by atoms with Crippen LogP contribution in [0.1, 0.15) is 33.9 Å². The molecular formula is C21H21ClN6O3S. The van der Waals surface area contributed by atoms with Gasteiger partial charge in [0.1, 0.15) is 23.1 Å². The number of hydrogen-bond acceptors (Lipinski definition) is 8. The van der Waals surface area contributed by atoms with E-state index in [0.717, 1.165) is 12.0 Å². The molecule has 4 rings (SSSR count). The average molecular weight is 473 g/mol. The van der Waals surface area contributed by atoms with Crippen molar-refractivity contribution in [3.8, 4) is 5.88 Å². The minimum absolute atomic E-state index is 0.0176. The Labute approximate surface area is 193 Å². The van der Waals surface area contributed by atoms with Crippen molar-refractivity contribution in [3.05, 3.63) is 51.7 Å². The molecule has 0 unspecified atom stereocenters. The quantitative estimate of drug-likeness (QED) is 0.477. The molecular weight excluding hydrogens is 452 g/mol. The van der Waals surface area contributed by atoms with E-state index in [4.69, 9.17) is 16.3 Å². The second kappa shape index (κ2) is 9.49. The van der Waals surface area contributed by atoms with Gasteiger partial charge in [-0.25, -0.2) is 9.97 Å². The van der Waals surface area contributed by atoms with Crippen molar-refractivity contribution >= 4 is 51.4 Å². The first-order valence-corrected chi connectivity index (χ1v) is 11.1. The second-order valence-electron chi connectivity index (χ2n) is 7.29. The number of anilines is 3. The molecule has 1 fully saturated rings. The number of ether oxygens (including phenoxy) is 1. The van der Waals surface area contributed by atoms with Crippen LogP contribution in [-0.4, -0.2) is 39.4 Å². The van der Waals surface area contributed by atoms with Crippen LogP contribution in [0.15, 0.2) is 30.5 Å². The van der Waals surface area contributed by atoms with E-state index in [1.54, 1.807) is 19.1 Å². The van der Waals surface area contributed by atoms with Gasteiger partial charge in [0, 0.05) is 12.5 Å². The Hall–Kier alpha value is -3.24. The summed E-state index contributed by atoms with van der Waals surface area (Å²) in [6, 6.07) is 7.06. The lowest BCUT2D eigenvalue weighted by Gasteiger charge is -2.12. The Bertz CT molecular complexity index is 1150. The molecule has 3 aromatic rings. The number of aryl methyl sites for hydroxylation is 2. The maximum absolute atomic E-state index is 12.6. The zero-order valence-corrected chi connectivity index (χ0v) is 19.0. The third-order valence-corrected chi connectivity index (χ3v) is 5.98. The van der Waals surface area contributed by atoms with Gasteiger partial charge in [0.15, 0.2) is 5.13 Å². The highest BCUT2D eigenvalue weighted by atomic mass is 35.5. The first kappa shape index (κ1) is 22.0. The molecule has 9 nitrogen and oxygen atoms in total. The fourth-order valence-electron chi connectivity index (χ4n) is 3.18. The minimum Gasteiger partial charge on any atom is -0.475 e. The van der Waals surface area contributed by atoms with Crippen molar-refractivity contribution in [1.29, 1.82) is 0 Å². The van der Waals surface area contributed by atoms with Crippen LogP contribution in [0.2, 0.25) is 5.02 Å². The van der Waals surface area contributed by atoms with Gasteiger partial charge in [0.2, 0.25) is 11.8 Å². The van der Waals surface area contributed by atoms with Crippen LogP contribution in [0.4, 0.5) is 16.6 Å². The molecule has 1 aliphatic rings. The van der Waals surface area contributed by atoms with Crippen molar-refractivity contribution in [1.82, 2.24) is 20.3 Å². The van der Waals surface area contributed by atoms with Crippen molar-refractivity contribution in [2.75, 3.05) is 17.2 Å². The fraction of sp³-hybridized carbons (Fsp3) is 0.286. The zero-order chi connectivity index (χ0) is 22.7. The van der Waals surface area contributed by atoms with E-state index in [2.05, 4.69) is 30.9 Å². The van der Waals surface area contributed by atoms with Crippen molar-refractivity contribution in [3.63, 3.8) is 0 Å². The van der Waals surface area contributed by atoms with E-state index in [1.165, 1.54) is 17.5 Å². The Morgan fingerprint density at radius 3 is 2.94 bits per heavy atom.